The first-order valence-electron chi connectivity index (χ1n) is 12.2. The molecule has 0 atom stereocenters. The predicted octanol–water partition coefficient (Wildman–Crippen LogP) is 5.53. The van der Waals surface area contributed by atoms with E-state index in [1.807, 2.05) is 14.1 Å². The highest BCUT2D eigenvalue weighted by molar-refractivity contribution is 5.75. The van der Waals surface area contributed by atoms with Crippen LogP contribution in [-0.2, 0) is 9.59 Å². The standard InChI is InChI=1S/C24H48N2O3/c1-4-5-6-7-8-9-10-11-12-13-14-15-16-18-23(27)25-20-17-21-26(2,3)22-19-24(28)29/h4-22H2,1-3H3,(H-,25,27,28,29)/p+1. The van der Waals surface area contributed by atoms with Gasteiger partial charge >= 0.3 is 5.97 Å². The van der Waals surface area contributed by atoms with Crippen LogP contribution in [0.15, 0.2) is 0 Å². The van der Waals surface area contributed by atoms with Crippen LogP contribution in [0, 0.1) is 0 Å². The zero-order chi connectivity index (χ0) is 21.8. The van der Waals surface area contributed by atoms with Gasteiger partial charge in [0.1, 0.15) is 0 Å². The fraction of sp³-hybridized carbons (Fsp3) is 0.917. The van der Waals surface area contributed by atoms with Gasteiger partial charge in [-0.25, -0.2) is 0 Å². The summed E-state index contributed by atoms with van der Waals surface area (Å²) in [4.78, 5) is 22.6. The van der Waals surface area contributed by atoms with E-state index in [1.54, 1.807) is 0 Å². The number of nitrogens with one attached hydrogen (secondary N) is 1. The first kappa shape index (κ1) is 27.9. The molecule has 5 nitrogen and oxygen atoms in total. The number of carboxylic acids is 1. The summed E-state index contributed by atoms with van der Waals surface area (Å²) < 4.78 is 0.682. The van der Waals surface area contributed by atoms with Crippen LogP contribution in [0.2, 0.25) is 0 Å². The first-order valence-corrected chi connectivity index (χ1v) is 12.2. The molecule has 5 heteroatoms. The molecule has 0 rings (SSSR count). The smallest absolute Gasteiger partial charge is 0.309 e. The minimum atomic E-state index is -0.748. The highest BCUT2D eigenvalue weighted by Gasteiger charge is 2.16. The van der Waals surface area contributed by atoms with Crippen molar-refractivity contribution < 1.29 is 19.2 Å². The highest BCUT2D eigenvalue weighted by Crippen LogP contribution is 2.13. The van der Waals surface area contributed by atoms with Crippen LogP contribution >= 0.6 is 0 Å². The van der Waals surface area contributed by atoms with Gasteiger partial charge in [-0.15, -0.1) is 0 Å². The third kappa shape index (κ3) is 21.4. The summed E-state index contributed by atoms with van der Waals surface area (Å²) in [6.45, 7) is 4.46. The Morgan fingerprint density at radius 2 is 1.17 bits per heavy atom. The van der Waals surface area contributed by atoms with Crippen LogP contribution in [0.3, 0.4) is 0 Å². The molecule has 0 spiro atoms. The van der Waals surface area contributed by atoms with E-state index >= 15 is 0 Å². The number of carboxylic acid groups (broad SMARTS) is 1. The van der Waals surface area contributed by atoms with E-state index in [9.17, 15) is 9.59 Å². The van der Waals surface area contributed by atoms with Crippen LogP contribution < -0.4 is 5.32 Å². The topological polar surface area (TPSA) is 66.4 Å². The maximum atomic E-state index is 11.9. The molecule has 0 aromatic heterocycles. The molecule has 0 aliphatic heterocycles. The number of carbonyl (C=O) groups excluding carboxylic acids is 1. The third-order valence-corrected chi connectivity index (χ3v) is 5.70. The molecule has 0 aromatic rings. The Labute approximate surface area is 180 Å². The lowest BCUT2D eigenvalue weighted by atomic mass is 10.0. The lowest BCUT2D eigenvalue weighted by Crippen LogP contribution is -2.43. The predicted molar refractivity (Wildman–Crippen MR) is 122 cm³/mol. The molecule has 2 N–H and O–H groups in total. The third-order valence-electron chi connectivity index (χ3n) is 5.70. The summed E-state index contributed by atoms with van der Waals surface area (Å²) in [5.41, 5.74) is 0. The molecule has 0 saturated heterocycles. The Morgan fingerprint density at radius 3 is 1.66 bits per heavy atom. The fourth-order valence-electron chi connectivity index (χ4n) is 3.64. The van der Waals surface area contributed by atoms with E-state index < -0.39 is 5.97 Å². The van der Waals surface area contributed by atoms with Gasteiger partial charge in [0.25, 0.3) is 0 Å². The molecule has 0 fully saturated rings. The SMILES string of the molecule is CCCCCCCCCCCCCCCC(=O)NCCC[N+](C)(C)CCC(=O)O. The largest absolute Gasteiger partial charge is 0.481 e. The fourth-order valence-corrected chi connectivity index (χ4v) is 3.64. The second-order valence-electron chi connectivity index (χ2n) is 9.22. The Balaban J connectivity index is 3.37. The minimum Gasteiger partial charge on any atom is -0.481 e. The molecule has 0 aliphatic rings. The van der Waals surface area contributed by atoms with Crippen molar-refractivity contribution in [2.24, 2.45) is 0 Å². The number of unbranched alkanes of at least 4 members (excludes halogenated alkanes) is 12. The molecule has 0 aliphatic carbocycles. The van der Waals surface area contributed by atoms with Gasteiger partial charge < -0.3 is 14.9 Å². The molecular weight excluding hydrogens is 364 g/mol. The Kier molecular flexibility index (Phi) is 18.2. The molecule has 0 bridgehead atoms. The molecule has 172 valence electrons. The number of carbonyl (C=O) groups is 2. The molecule has 29 heavy (non-hydrogen) atoms. The van der Waals surface area contributed by atoms with E-state index in [2.05, 4.69) is 12.2 Å². The molecule has 0 radical (unpaired) electrons. The Morgan fingerprint density at radius 1 is 0.690 bits per heavy atom. The summed E-state index contributed by atoms with van der Waals surface area (Å²) in [5.74, 6) is -0.591. The Hall–Kier alpha value is -1.10. The maximum Gasteiger partial charge on any atom is 0.309 e. The number of aliphatic carboxylic acids is 1. The van der Waals surface area contributed by atoms with Gasteiger partial charge in [0.05, 0.1) is 33.6 Å². The number of hydrogen-bond donors (Lipinski definition) is 2. The van der Waals surface area contributed by atoms with Gasteiger partial charge in [0.15, 0.2) is 0 Å². The number of hydrogen-bond acceptors (Lipinski definition) is 2. The van der Waals surface area contributed by atoms with Crippen molar-refractivity contribution in [3.63, 3.8) is 0 Å². The van der Waals surface area contributed by atoms with E-state index in [1.165, 1.54) is 70.6 Å². The van der Waals surface area contributed by atoms with Gasteiger partial charge in [-0.05, 0) is 6.42 Å². The number of nitrogens with zero attached hydrogens (tertiary/aromatic N) is 1. The summed E-state index contributed by atoms with van der Waals surface area (Å²) in [7, 11) is 4.08. The minimum absolute atomic E-state index is 0.156. The molecule has 0 unspecified atom stereocenters. The quantitative estimate of drug-likeness (QED) is 0.192. The van der Waals surface area contributed by atoms with Gasteiger partial charge in [-0.2, -0.15) is 0 Å². The molecule has 0 saturated carbocycles. The summed E-state index contributed by atoms with van der Waals surface area (Å²) in [5, 5.41) is 11.8. The van der Waals surface area contributed by atoms with Crippen molar-refractivity contribution in [2.45, 2.75) is 110 Å². The maximum absolute atomic E-state index is 11.9. The highest BCUT2D eigenvalue weighted by atomic mass is 16.4. The molecule has 0 aromatic carbocycles. The second kappa shape index (κ2) is 18.9. The van der Waals surface area contributed by atoms with Gasteiger partial charge in [0.2, 0.25) is 5.91 Å². The average Bonchev–Trinajstić information content (AvgIpc) is 2.67. The normalized spacial score (nSPS) is 11.6. The van der Waals surface area contributed by atoms with Crippen LogP contribution in [-0.4, -0.2) is 55.2 Å². The van der Waals surface area contributed by atoms with Crippen molar-refractivity contribution in [3.8, 4) is 0 Å². The Bertz CT molecular complexity index is 411. The lowest BCUT2D eigenvalue weighted by Gasteiger charge is -2.29. The summed E-state index contributed by atoms with van der Waals surface area (Å²) in [6.07, 6.45) is 18.9. The van der Waals surface area contributed by atoms with E-state index in [4.69, 9.17) is 5.11 Å². The summed E-state index contributed by atoms with van der Waals surface area (Å²) in [6, 6.07) is 0. The monoisotopic (exact) mass is 413 g/mol. The average molecular weight is 414 g/mol. The van der Waals surface area contributed by atoms with Crippen LogP contribution in [0.5, 0.6) is 0 Å². The van der Waals surface area contributed by atoms with E-state index in [-0.39, 0.29) is 12.3 Å². The van der Waals surface area contributed by atoms with Crippen molar-refractivity contribution >= 4 is 11.9 Å². The molecule has 0 heterocycles. The van der Waals surface area contributed by atoms with Crippen LogP contribution in [0.4, 0.5) is 0 Å². The lowest BCUT2D eigenvalue weighted by molar-refractivity contribution is -0.889. The van der Waals surface area contributed by atoms with E-state index in [0.717, 1.165) is 25.8 Å². The summed E-state index contributed by atoms with van der Waals surface area (Å²) >= 11 is 0. The van der Waals surface area contributed by atoms with Crippen molar-refractivity contribution in [3.05, 3.63) is 0 Å². The number of amides is 1. The number of rotatable bonds is 21. The first-order chi connectivity index (χ1) is 13.9. The van der Waals surface area contributed by atoms with Crippen LogP contribution in [0.25, 0.3) is 0 Å². The molecule has 1 amide bonds. The second-order valence-corrected chi connectivity index (χ2v) is 9.22. The van der Waals surface area contributed by atoms with Crippen molar-refractivity contribution in [1.82, 2.24) is 5.32 Å². The zero-order valence-electron chi connectivity index (χ0n) is 19.6. The van der Waals surface area contributed by atoms with Crippen molar-refractivity contribution in [2.75, 3.05) is 33.7 Å². The van der Waals surface area contributed by atoms with Gasteiger partial charge in [-0.1, -0.05) is 84.0 Å². The van der Waals surface area contributed by atoms with Gasteiger partial charge in [0, 0.05) is 19.4 Å². The van der Waals surface area contributed by atoms with Gasteiger partial charge in [-0.3, -0.25) is 9.59 Å². The van der Waals surface area contributed by atoms with Crippen molar-refractivity contribution in [1.29, 1.82) is 0 Å². The van der Waals surface area contributed by atoms with Crippen LogP contribution in [0.1, 0.15) is 110 Å². The zero-order valence-corrected chi connectivity index (χ0v) is 19.6. The van der Waals surface area contributed by atoms with E-state index in [0.29, 0.717) is 24.0 Å². The molecular formula is C24H49N2O3+. The number of quaternary nitrogens is 1.